The van der Waals surface area contributed by atoms with Crippen molar-refractivity contribution in [1.82, 2.24) is 0 Å². The summed E-state index contributed by atoms with van der Waals surface area (Å²) < 4.78 is 31.3. The van der Waals surface area contributed by atoms with Gasteiger partial charge in [-0.2, -0.15) is 0 Å². The van der Waals surface area contributed by atoms with E-state index in [1.165, 1.54) is 20.8 Å². The average Bonchev–Trinajstić information content (AvgIpc) is 3.00. The zero-order valence-corrected chi connectivity index (χ0v) is 31.8. The van der Waals surface area contributed by atoms with Crippen molar-refractivity contribution < 1.29 is 72.5 Å². The van der Waals surface area contributed by atoms with Crippen LogP contribution in [-0.2, 0) is 57.2 Å². The Bertz CT molecular complexity index is 734. The number of rotatable bonds is 27. The summed E-state index contributed by atoms with van der Waals surface area (Å²) in [5.74, 6) is -9.96. The van der Waals surface area contributed by atoms with Crippen LogP contribution in [0.2, 0.25) is 0 Å². The quantitative estimate of drug-likeness (QED) is 0.0617. The molecule has 282 valence electrons. The van der Waals surface area contributed by atoms with E-state index < -0.39 is 71.9 Å². The summed E-state index contributed by atoms with van der Waals surface area (Å²) in [4.78, 5) is 66.0. The molecule has 0 radical (unpaired) electrons. The van der Waals surface area contributed by atoms with E-state index in [0.29, 0.717) is 39.6 Å². The van der Waals surface area contributed by atoms with E-state index in [-0.39, 0.29) is 17.4 Å². The zero-order chi connectivity index (χ0) is 37.7. The third-order valence-electron chi connectivity index (χ3n) is 5.81. The van der Waals surface area contributed by atoms with E-state index in [0.717, 1.165) is 38.5 Å². The second kappa shape index (κ2) is 34.2. The number of carbonyl (C=O) groups excluding carboxylic acids is 6. The van der Waals surface area contributed by atoms with Crippen LogP contribution in [0.5, 0.6) is 0 Å². The third kappa shape index (κ3) is 26.2. The normalized spacial score (nSPS) is 12.5. The van der Waals surface area contributed by atoms with Crippen molar-refractivity contribution in [2.75, 3.05) is 39.6 Å². The van der Waals surface area contributed by atoms with Crippen molar-refractivity contribution in [2.24, 2.45) is 17.8 Å². The van der Waals surface area contributed by atoms with Gasteiger partial charge in [0, 0.05) is 39.6 Å². The van der Waals surface area contributed by atoms with Crippen LogP contribution in [-0.4, -0.2) is 111 Å². The maximum Gasteiger partial charge on any atom is 3.00 e. The predicted octanol–water partition coefficient (Wildman–Crippen LogP) is -0.0184. The molecule has 16 heteroatoms. The Morgan fingerprint density at radius 3 is 0.612 bits per heavy atom. The van der Waals surface area contributed by atoms with Crippen LogP contribution in [0.15, 0.2) is 0 Å². The van der Waals surface area contributed by atoms with Crippen LogP contribution in [0, 0.1) is 17.8 Å². The first-order chi connectivity index (χ1) is 22.6. The third-order valence-corrected chi connectivity index (χ3v) is 5.81. The Balaban J connectivity index is -0.000000307. The number of carboxylic acids is 3. The van der Waals surface area contributed by atoms with E-state index in [4.69, 9.17) is 28.4 Å². The van der Waals surface area contributed by atoms with E-state index in [1.807, 2.05) is 41.5 Å². The SMILES string of the molecule is CCCOC(OCCC)C(C(C)=O)C(=O)[O-].CCCOC(OCCC)C(C(C)=O)C(=O)[O-].CCCOC(OCCC)C(C(C)=O)C(=O)[O-].[Al+3]. The summed E-state index contributed by atoms with van der Waals surface area (Å²) in [5, 5.41) is 32.5. The first-order valence-corrected chi connectivity index (χ1v) is 16.5. The minimum absolute atomic E-state index is 0. The van der Waals surface area contributed by atoms with Crippen LogP contribution < -0.4 is 15.3 Å². The van der Waals surface area contributed by atoms with Gasteiger partial charge in [0.15, 0.2) is 18.9 Å². The van der Waals surface area contributed by atoms with Crippen LogP contribution in [0.25, 0.3) is 0 Å². The maximum atomic E-state index is 11.2. The molecule has 0 saturated carbocycles. The fourth-order valence-corrected chi connectivity index (χ4v) is 3.53. The topological polar surface area (TPSA) is 227 Å². The minimum atomic E-state index is -1.45. The maximum absolute atomic E-state index is 11.2. The molecule has 0 aromatic rings. The van der Waals surface area contributed by atoms with Crippen molar-refractivity contribution in [3.63, 3.8) is 0 Å². The van der Waals surface area contributed by atoms with Crippen molar-refractivity contribution in [2.45, 2.75) is 120 Å². The van der Waals surface area contributed by atoms with Crippen molar-refractivity contribution in [3.05, 3.63) is 0 Å². The van der Waals surface area contributed by atoms with Gasteiger partial charge < -0.3 is 58.1 Å². The molecule has 0 amide bonds. The van der Waals surface area contributed by atoms with Crippen LogP contribution in [0.3, 0.4) is 0 Å². The van der Waals surface area contributed by atoms with Gasteiger partial charge in [0.05, 0.1) is 17.9 Å². The first kappa shape index (κ1) is 53.5. The van der Waals surface area contributed by atoms with Crippen LogP contribution in [0.1, 0.15) is 101 Å². The monoisotopic (exact) mass is 720 g/mol. The van der Waals surface area contributed by atoms with Gasteiger partial charge in [-0.15, -0.1) is 0 Å². The van der Waals surface area contributed by atoms with Gasteiger partial charge in [0.2, 0.25) is 0 Å². The summed E-state index contributed by atoms with van der Waals surface area (Å²) in [6.07, 6.45) is 1.24. The van der Waals surface area contributed by atoms with E-state index in [1.54, 1.807) is 0 Å². The number of ketones is 3. The molecule has 3 unspecified atom stereocenters. The van der Waals surface area contributed by atoms with Gasteiger partial charge in [0.25, 0.3) is 0 Å². The van der Waals surface area contributed by atoms with Gasteiger partial charge in [-0.3, -0.25) is 14.4 Å². The summed E-state index contributed by atoms with van der Waals surface area (Å²) in [6, 6.07) is 0. The first-order valence-electron chi connectivity index (χ1n) is 16.5. The molecule has 0 aliphatic heterocycles. The molecular weight excluding hydrogens is 663 g/mol. The Morgan fingerprint density at radius 2 is 0.531 bits per heavy atom. The molecule has 0 saturated heterocycles. The van der Waals surface area contributed by atoms with Crippen LogP contribution >= 0.6 is 0 Å². The zero-order valence-electron chi connectivity index (χ0n) is 30.7. The molecule has 0 rings (SSSR count). The second-order valence-electron chi connectivity index (χ2n) is 10.6. The molecule has 0 aromatic heterocycles. The van der Waals surface area contributed by atoms with Gasteiger partial charge >= 0.3 is 17.4 Å². The molecule has 3 atom stereocenters. The molecule has 0 fully saturated rings. The van der Waals surface area contributed by atoms with Gasteiger partial charge in [0.1, 0.15) is 35.1 Å². The van der Waals surface area contributed by atoms with Gasteiger partial charge in [-0.05, 0) is 59.3 Å². The van der Waals surface area contributed by atoms with Crippen molar-refractivity contribution in [3.8, 4) is 0 Å². The van der Waals surface area contributed by atoms with Crippen molar-refractivity contribution >= 4 is 52.6 Å². The molecule has 0 spiro atoms. The molecule has 49 heavy (non-hydrogen) atoms. The predicted molar refractivity (Wildman–Crippen MR) is 172 cm³/mol. The second-order valence-corrected chi connectivity index (χ2v) is 10.6. The Hall–Kier alpha value is -2.29. The average molecular weight is 721 g/mol. The van der Waals surface area contributed by atoms with Gasteiger partial charge in [-0.1, -0.05) is 41.5 Å². The summed E-state index contributed by atoms with van der Waals surface area (Å²) in [7, 11) is 0. The molecule has 0 bridgehead atoms. The molecule has 0 aliphatic rings. The Morgan fingerprint density at radius 1 is 0.388 bits per heavy atom. The number of hydrogen-bond acceptors (Lipinski definition) is 15. The Labute approximate surface area is 301 Å². The Kier molecular flexibility index (Phi) is 37.3. The van der Waals surface area contributed by atoms with Crippen molar-refractivity contribution in [1.29, 1.82) is 0 Å². The van der Waals surface area contributed by atoms with E-state index >= 15 is 0 Å². The summed E-state index contributed by atoms with van der Waals surface area (Å²) in [5.41, 5.74) is 0. The number of carbonyl (C=O) groups is 6. The fourth-order valence-electron chi connectivity index (χ4n) is 3.53. The number of ether oxygens (including phenoxy) is 6. The summed E-state index contributed by atoms with van der Waals surface area (Å²) >= 11 is 0. The molecule has 0 N–H and O–H groups in total. The number of carboxylic acid groups (broad SMARTS) is 3. The summed E-state index contributed by atoms with van der Waals surface area (Å²) in [6.45, 7) is 17.0. The minimum Gasteiger partial charge on any atom is -0.549 e. The number of hydrogen-bond donors (Lipinski definition) is 0. The smallest absolute Gasteiger partial charge is 0.549 e. The molecule has 15 nitrogen and oxygen atoms in total. The van der Waals surface area contributed by atoms with Gasteiger partial charge in [-0.25, -0.2) is 0 Å². The van der Waals surface area contributed by atoms with E-state index in [2.05, 4.69) is 0 Å². The number of Topliss-reactive ketones (excluding diaryl/α,β-unsaturated/α-hetero) is 3. The standard InChI is InChI=1S/3C11H20O5.Al/c3*1-4-6-15-11(16-7-5-2)9(8(3)12)10(13)14;/h3*9,11H,4-7H2,1-3H3,(H,13,14);/q;;;+3/p-3. The van der Waals surface area contributed by atoms with E-state index in [9.17, 15) is 44.1 Å². The molecule has 0 aromatic carbocycles. The fraction of sp³-hybridized carbons (Fsp3) is 0.818. The van der Waals surface area contributed by atoms with Crippen LogP contribution in [0.4, 0.5) is 0 Å². The largest absolute Gasteiger partial charge is 3.00 e. The number of aliphatic carboxylic acids is 3. The molecule has 0 aliphatic carbocycles. The molecular formula is C33H57AlO15. The molecule has 0 heterocycles.